The van der Waals surface area contributed by atoms with Gasteiger partial charge in [-0.15, -0.1) is 0 Å². The fourth-order valence-corrected chi connectivity index (χ4v) is 2.76. The highest BCUT2D eigenvalue weighted by Gasteiger charge is 2.04. The highest BCUT2D eigenvalue weighted by atomic mass is 79.9. The van der Waals surface area contributed by atoms with Crippen LogP contribution in [0.3, 0.4) is 0 Å². The van der Waals surface area contributed by atoms with Crippen LogP contribution in [-0.4, -0.2) is 9.96 Å². The Labute approximate surface area is 95.5 Å². The van der Waals surface area contributed by atoms with E-state index in [4.69, 9.17) is 5.73 Å². The summed E-state index contributed by atoms with van der Waals surface area (Å²) in [6.07, 6.45) is 0.947. The summed E-state index contributed by atoms with van der Waals surface area (Å²) in [6, 6.07) is 5.69. The Bertz CT molecular complexity index is 341. The van der Waals surface area contributed by atoms with E-state index in [0.29, 0.717) is 11.4 Å². The van der Waals surface area contributed by atoms with E-state index in [0.717, 1.165) is 22.2 Å². The maximum absolute atomic E-state index is 11.5. The molecule has 0 aliphatic rings. The zero-order valence-corrected chi connectivity index (χ0v) is 10.5. The van der Waals surface area contributed by atoms with Crippen molar-refractivity contribution in [1.82, 2.24) is 0 Å². The van der Waals surface area contributed by atoms with Gasteiger partial charge in [-0.3, -0.25) is 4.21 Å². The Morgan fingerprint density at radius 2 is 2.21 bits per heavy atom. The maximum Gasteiger partial charge on any atom is 0.0505 e. The Morgan fingerprint density at radius 1 is 1.50 bits per heavy atom. The van der Waals surface area contributed by atoms with Crippen LogP contribution in [0.1, 0.15) is 18.9 Å². The first-order valence-electron chi connectivity index (χ1n) is 4.52. The van der Waals surface area contributed by atoms with E-state index < -0.39 is 10.8 Å². The van der Waals surface area contributed by atoms with Crippen LogP contribution in [0.25, 0.3) is 0 Å². The lowest BCUT2D eigenvalue weighted by molar-refractivity contribution is 0.681. The second kappa shape index (κ2) is 5.51. The predicted octanol–water partition coefficient (Wildman–Crippen LogP) is 2.69. The molecule has 14 heavy (non-hydrogen) atoms. The second-order valence-electron chi connectivity index (χ2n) is 3.13. The van der Waals surface area contributed by atoms with Gasteiger partial charge < -0.3 is 5.73 Å². The molecule has 78 valence electrons. The summed E-state index contributed by atoms with van der Waals surface area (Å²) in [5.41, 5.74) is 7.49. The molecule has 0 spiro atoms. The number of halogens is 1. The smallest absolute Gasteiger partial charge is 0.0505 e. The lowest BCUT2D eigenvalue weighted by Gasteiger charge is -2.05. The van der Waals surface area contributed by atoms with E-state index >= 15 is 0 Å². The van der Waals surface area contributed by atoms with Gasteiger partial charge >= 0.3 is 0 Å². The third-order valence-corrected chi connectivity index (χ3v) is 3.85. The molecule has 0 aliphatic heterocycles. The van der Waals surface area contributed by atoms with Gasteiger partial charge in [0.15, 0.2) is 0 Å². The molecule has 4 heteroatoms. The molecule has 2 N–H and O–H groups in total. The Kier molecular flexibility index (Phi) is 4.62. The third kappa shape index (κ3) is 3.42. The molecule has 0 bridgehead atoms. The van der Waals surface area contributed by atoms with Gasteiger partial charge in [0, 0.05) is 26.7 Å². The van der Waals surface area contributed by atoms with Gasteiger partial charge in [0.1, 0.15) is 0 Å². The molecule has 0 radical (unpaired) electrons. The molecular formula is C10H14BrNOS. The minimum Gasteiger partial charge on any atom is -0.398 e. The van der Waals surface area contributed by atoms with Crippen LogP contribution in [0.15, 0.2) is 22.7 Å². The molecule has 1 rings (SSSR count). The van der Waals surface area contributed by atoms with E-state index in [1.54, 1.807) is 0 Å². The summed E-state index contributed by atoms with van der Waals surface area (Å²) < 4.78 is 12.5. The van der Waals surface area contributed by atoms with Crippen LogP contribution in [0.4, 0.5) is 5.69 Å². The second-order valence-corrected chi connectivity index (χ2v) is 5.62. The Morgan fingerprint density at radius 3 is 2.79 bits per heavy atom. The van der Waals surface area contributed by atoms with E-state index in [1.165, 1.54) is 0 Å². The van der Waals surface area contributed by atoms with Gasteiger partial charge in [-0.25, -0.2) is 0 Å². The average molecular weight is 276 g/mol. The molecule has 1 atom stereocenters. The van der Waals surface area contributed by atoms with Crippen molar-refractivity contribution in [3.63, 3.8) is 0 Å². The van der Waals surface area contributed by atoms with Crippen LogP contribution in [0.5, 0.6) is 0 Å². The first-order chi connectivity index (χ1) is 6.63. The van der Waals surface area contributed by atoms with Gasteiger partial charge in [0.2, 0.25) is 0 Å². The van der Waals surface area contributed by atoms with Crippen molar-refractivity contribution >= 4 is 32.4 Å². The van der Waals surface area contributed by atoms with E-state index in [2.05, 4.69) is 15.9 Å². The molecule has 1 unspecified atom stereocenters. The van der Waals surface area contributed by atoms with E-state index in [1.807, 2.05) is 25.1 Å². The lowest BCUT2D eigenvalue weighted by Crippen LogP contribution is -2.02. The lowest BCUT2D eigenvalue weighted by atomic mass is 10.2. The fraction of sp³-hybridized carbons (Fsp3) is 0.400. The number of nitrogens with two attached hydrogens (primary N) is 1. The zero-order valence-electron chi connectivity index (χ0n) is 8.13. The summed E-state index contributed by atoms with van der Waals surface area (Å²) in [5.74, 6) is 1.31. The van der Waals surface area contributed by atoms with Gasteiger partial charge in [0.25, 0.3) is 0 Å². The SMILES string of the molecule is CCCS(=O)Cc1ccc(Br)cc1N. The number of nitrogen functional groups attached to an aromatic ring is 1. The Hall–Kier alpha value is -0.350. The minimum atomic E-state index is -0.783. The third-order valence-electron chi connectivity index (χ3n) is 1.86. The van der Waals surface area contributed by atoms with Crippen molar-refractivity contribution in [2.75, 3.05) is 11.5 Å². The summed E-state index contributed by atoms with van der Waals surface area (Å²) in [6.45, 7) is 2.03. The quantitative estimate of drug-likeness (QED) is 0.859. The van der Waals surface area contributed by atoms with Crippen molar-refractivity contribution in [2.24, 2.45) is 0 Å². The summed E-state index contributed by atoms with van der Waals surface area (Å²) in [7, 11) is -0.783. The van der Waals surface area contributed by atoms with Gasteiger partial charge in [-0.2, -0.15) is 0 Å². The fourth-order valence-electron chi connectivity index (χ4n) is 1.17. The first kappa shape index (κ1) is 11.7. The van der Waals surface area contributed by atoms with Gasteiger partial charge in [-0.1, -0.05) is 28.9 Å². The van der Waals surface area contributed by atoms with Crippen LogP contribution >= 0.6 is 15.9 Å². The maximum atomic E-state index is 11.5. The van der Waals surface area contributed by atoms with Crippen molar-refractivity contribution in [1.29, 1.82) is 0 Å². The van der Waals surface area contributed by atoms with Gasteiger partial charge in [0.05, 0.1) is 5.75 Å². The monoisotopic (exact) mass is 275 g/mol. The number of anilines is 1. The summed E-state index contributed by atoms with van der Waals surface area (Å²) >= 11 is 3.34. The molecular weight excluding hydrogens is 262 g/mol. The number of rotatable bonds is 4. The van der Waals surface area contributed by atoms with Crippen LogP contribution in [0, 0.1) is 0 Å². The van der Waals surface area contributed by atoms with Crippen LogP contribution in [0.2, 0.25) is 0 Å². The molecule has 2 nitrogen and oxygen atoms in total. The number of benzene rings is 1. The molecule has 0 aliphatic carbocycles. The van der Waals surface area contributed by atoms with Crippen molar-refractivity contribution in [2.45, 2.75) is 19.1 Å². The van der Waals surface area contributed by atoms with Crippen molar-refractivity contribution in [3.05, 3.63) is 28.2 Å². The van der Waals surface area contributed by atoms with Crippen LogP contribution < -0.4 is 5.73 Å². The number of hydrogen-bond donors (Lipinski definition) is 1. The predicted molar refractivity (Wildman–Crippen MR) is 65.6 cm³/mol. The number of hydrogen-bond acceptors (Lipinski definition) is 2. The van der Waals surface area contributed by atoms with E-state index in [-0.39, 0.29) is 0 Å². The van der Waals surface area contributed by atoms with Crippen molar-refractivity contribution < 1.29 is 4.21 Å². The molecule has 0 saturated heterocycles. The first-order valence-corrected chi connectivity index (χ1v) is 6.80. The largest absolute Gasteiger partial charge is 0.398 e. The molecule has 0 aromatic heterocycles. The standard InChI is InChI=1S/C10H14BrNOS/c1-2-5-14(13)7-8-3-4-9(11)6-10(8)12/h3-4,6H,2,5,7,12H2,1H3. The molecule has 0 heterocycles. The zero-order chi connectivity index (χ0) is 10.6. The molecule has 0 fully saturated rings. The highest BCUT2D eigenvalue weighted by molar-refractivity contribution is 9.10. The summed E-state index contributed by atoms with van der Waals surface area (Å²) in [4.78, 5) is 0. The van der Waals surface area contributed by atoms with Gasteiger partial charge in [-0.05, 0) is 24.1 Å². The molecule has 0 saturated carbocycles. The molecule has 1 aromatic rings. The topological polar surface area (TPSA) is 43.1 Å². The summed E-state index contributed by atoms with van der Waals surface area (Å²) in [5, 5.41) is 0. The molecule has 1 aromatic carbocycles. The highest BCUT2D eigenvalue weighted by Crippen LogP contribution is 2.19. The average Bonchev–Trinajstić information content (AvgIpc) is 2.10. The van der Waals surface area contributed by atoms with Crippen LogP contribution in [-0.2, 0) is 16.6 Å². The van der Waals surface area contributed by atoms with E-state index in [9.17, 15) is 4.21 Å². The van der Waals surface area contributed by atoms with Crippen molar-refractivity contribution in [3.8, 4) is 0 Å². The Balaban J connectivity index is 2.72. The minimum absolute atomic E-state index is 0.562. The molecule has 0 amide bonds. The normalized spacial score (nSPS) is 12.7.